The molecule has 0 aliphatic carbocycles. The molecule has 2 aromatic rings. The second-order valence-electron chi connectivity index (χ2n) is 6.78. The van der Waals surface area contributed by atoms with Crippen molar-refractivity contribution >= 4 is 75.5 Å². The minimum absolute atomic E-state index is 0.0481. The molecule has 0 fully saturated rings. The molecule has 5 nitrogen and oxygen atoms in total. The SMILES string of the molecule is CC1=NC2=C(C(N)N1c1ccc(SC(F)(F)F)c(Cl)c1)N(c1c(Cl)cccc1Cl)C(N)S2. The van der Waals surface area contributed by atoms with Crippen molar-refractivity contribution in [2.45, 2.75) is 29.0 Å². The number of benzene rings is 2. The quantitative estimate of drug-likeness (QED) is 0.436. The lowest BCUT2D eigenvalue weighted by Crippen LogP contribution is -2.53. The summed E-state index contributed by atoms with van der Waals surface area (Å²) in [4.78, 5) is 7.91. The van der Waals surface area contributed by atoms with Crippen LogP contribution in [-0.2, 0) is 0 Å². The van der Waals surface area contributed by atoms with Gasteiger partial charge < -0.3 is 21.3 Å². The Hall–Kier alpha value is -1.27. The van der Waals surface area contributed by atoms with Gasteiger partial charge in [-0.15, -0.1) is 0 Å². The molecule has 0 saturated heterocycles. The first kappa shape index (κ1) is 23.9. The number of anilines is 2. The van der Waals surface area contributed by atoms with E-state index in [1.807, 2.05) is 0 Å². The minimum atomic E-state index is -4.45. The average Bonchev–Trinajstić information content (AvgIpc) is 2.99. The first-order chi connectivity index (χ1) is 15.0. The molecule has 2 heterocycles. The third-order valence-electron chi connectivity index (χ3n) is 4.73. The van der Waals surface area contributed by atoms with Crippen molar-refractivity contribution in [1.29, 1.82) is 0 Å². The number of hydrogen-bond acceptors (Lipinski definition) is 7. The highest BCUT2D eigenvalue weighted by Crippen LogP contribution is 2.48. The fourth-order valence-corrected chi connectivity index (χ4v) is 6.00. The maximum atomic E-state index is 12.8. The smallest absolute Gasteiger partial charge is 0.311 e. The molecule has 170 valence electrons. The van der Waals surface area contributed by atoms with Gasteiger partial charge in [-0.2, -0.15) is 13.2 Å². The number of alkyl halides is 3. The highest BCUT2D eigenvalue weighted by atomic mass is 35.5. The van der Waals surface area contributed by atoms with E-state index in [1.54, 1.807) is 34.9 Å². The van der Waals surface area contributed by atoms with Gasteiger partial charge in [-0.05, 0) is 49.0 Å². The Morgan fingerprint density at radius 2 is 1.69 bits per heavy atom. The normalized spacial score (nSPS) is 21.2. The van der Waals surface area contributed by atoms with Crippen LogP contribution in [0.15, 0.2) is 57.0 Å². The molecule has 0 spiro atoms. The highest BCUT2D eigenvalue weighted by Gasteiger charge is 2.42. The standard InChI is InChI=1S/C19H15Cl3F3N5S2/c1-8-28-17-15(30(18(27)31-17)14-10(20)3-2-4-11(14)21)16(26)29(8)9-5-6-13(12(22)7-9)32-19(23,24)25/h2-7,16,18H,26-27H2,1H3. The van der Waals surface area contributed by atoms with Crippen molar-refractivity contribution in [3.63, 3.8) is 0 Å². The number of nitrogens with zero attached hydrogens (tertiary/aromatic N) is 3. The van der Waals surface area contributed by atoms with Crippen molar-refractivity contribution in [2.24, 2.45) is 16.5 Å². The lowest BCUT2D eigenvalue weighted by atomic mass is 10.1. The summed E-state index contributed by atoms with van der Waals surface area (Å²) < 4.78 is 38.3. The summed E-state index contributed by atoms with van der Waals surface area (Å²) in [6.07, 6.45) is -0.770. The fourth-order valence-electron chi connectivity index (χ4n) is 3.51. The molecule has 0 amide bonds. The second-order valence-corrected chi connectivity index (χ2v) is 10.2. The van der Waals surface area contributed by atoms with E-state index in [-0.39, 0.29) is 21.7 Å². The van der Waals surface area contributed by atoms with Crippen molar-refractivity contribution in [3.8, 4) is 0 Å². The number of thioether (sulfide) groups is 2. The fraction of sp³-hybridized carbons (Fsp3) is 0.211. The summed E-state index contributed by atoms with van der Waals surface area (Å²) in [5.41, 5.74) is 9.53. The Labute approximate surface area is 205 Å². The Balaban J connectivity index is 1.74. The number of para-hydroxylation sites is 1. The zero-order valence-corrected chi connectivity index (χ0v) is 20.1. The summed E-state index contributed by atoms with van der Waals surface area (Å²) in [5, 5.41) is 1.35. The maximum absolute atomic E-state index is 12.8. The molecule has 0 saturated carbocycles. The van der Waals surface area contributed by atoms with Gasteiger partial charge in [-0.3, -0.25) is 0 Å². The van der Waals surface area contributed by atoms with Crippen LogP contribution < -0.4 is 21.3 Å². The van der Waals surface area contributed by atoms with Crippen LogP contribution in [0, 0.1) is 0 Å². The van der Waals surface area contributed by atoms with E-state index in [1.165, 1.54) is 30.0 Å². The zero-order valence-electron chi connectivity index (χ0n) is 16.2. The lowest BCUT2D eigenvalue weighted by Gasteiger charge is -2.38. The largest absolute Gasteiger partial charge is 0.446 e. The third-order valence-corrected chi connectivity index (χ3v) is 7.55. The Morgan fingerprint density at radius 1 is 1.03 bits per heavy atom. The third kappa shape index (κ3) is 4.42. The van der Waals surface area contributed by atoms with Gasteiger partial charge in [-0.25, -0.2) is 4.99 Å². The molecule has 4 rings (SSSR count). The summed E-state index contributed by atoms with van der Waals surface area (Å²) in [5.74, 6) is 0.537. The predicted molar refractivity (Wildman–Crippen MR) is 128 cm³/mol. The molecular formula is C19H15Cl3F3N5S2. The first-order valence-corrected chi connectivity index (χ1v) is 11.9. The van der Waals surface area contributed by atoms with Gasteiger partial charge in [0.05, 0.1) is 26.5 Å². The zero-order chi connectivity index (χ0) is 23.4. The summed E-state index contributed by atoms with van der Waals surface area (Å²) in [6, 6.07) is 9.34. The monoisotopic (exact) mass is 539 g/mol. The van der Waals surface area contributed by atoms with Crippen LogP contribution in [0.25, 0.3) is 0 Å². The molecule has 0 aromatic heterocycles. The first-order valence-electron chi connectivity index (χ1n) is 9.03. The van der Waals surface area contributed by atoms with Gasteiger partial charge in [-0.1, -0.05) is 52.6 Å². The van der Waals surface area contributed by atoms with E-state index in [0.29, 0.717) is 38.0 Å². The molecule has 2 aliphatic rings. The van der Waals surface area contributed by atoms with E-state index in [2.05, 4.69) is 4.99 Å². The van der Waals surface area contributed by atoms with Crippen LogP contribution in [0.2, 0.25) is 15.1 Å². The number of amidine groups is 1. The molecule has 4 N–H and O–H groups in total. The van der Waals surface area contributed by atoms with Crippen molar-refractivity contribution in [3.05, 3.63) is 62.2 Å². The highest BCUT2D eigenvalue weighted by molar-refractivity contribution is 8.04. The molecule has 2 aliphatic heterocycles. The minimum Gasteiger partial charge on any atom is -0.311 e. The summed E-state index contributed by atoms with van der Waals surface area (Å²) in [7, 11) is 0. The van der Waals surface area contributed by atoms with Crippen molar-refractivity contribution < 1.29 is 13.2 Å². The number of aliphatic imine (C=N–C) groups is 1. The summed E-state index contributed by atoms with van der Waals surface area (Å²) in [6.45, 7) is 1.74. The van der Waals surface area contributed by atoms with Crippen LogP contribution >= 0.6 is 58.3 Å². The summed E-state index contributed by atoms with van der Waals surface area (Å²) >= 11 is 20.0. The van der Waals surface area contributed by atoms with Gasteiger partial charge in [0.1, 0.15) is 22.5 Å². The molecule has 13 heteroatoms. The molecule has 2 atom stereocenters. The van der Waals surface area contributed by atoms with E-state index in [0.717, 1.165) is 0 Å². The molecule has 0 bridgehead atoms. The van der Waals surface area contributed by atoms with E-state index < -0.39 is 17.2 Å². The van der Waals surface area contributed by atoms with Crippen LogP contribution in [0.3, 0.4) is 0 Å². The van der Waals surface area contributed by atoms with Crippen LogP contribution in [0.5, 0.6) is 0 Å². The van der Waals surface area contributed by atoms with E-state index in [9.17, 15) is 13.2 Å². The van der Waals surface area contributed by atoms with E-state index >= 15 is 0 Å². The molecule has 0 radical (unpaired) electrons. The van der Waals surface area contributed by atoms with Crippen molar-refractivity contribution in [2.75, 3.05) is 9.80 Å². The second kappa shape index (κ2) is 8.83. The van der Waals surface area contributed by atoms with Gasteiger partial charge in [0, 0.05) is 10.6 Å². The number of rotatable bonds is 3. The molecule has 2 unspecified atom stereocenters. The maximum Gasteiger partial charge on any atom is 0.446 e. The van der Waals surface area contributed by atoms with Gasteiger partial charge in [0.15, 0.2) is 0 Å². The molecular weight excluding hydrogens is 526 g/mol. The van der Waals surface area contributed by atoms with Gasteiger partial charge in [0.2, 0.25) is 0 Å². The van der Waals surface area contributed by atoms with E-state index in [4.69, 9.17) is 46.3 Å². The number of hydrogen-bond donors (Lipinski definition) is 2. The topological polar surface area (TPSA) is 70.9 Å². The van der Waals surface area contributed by atoms with Crippen molar-refractivity contribution in [1.82, 2.24) is 0 Å². The van der Waals surface area contributed by atoms with Crippen LogP contribution in [0.4, 0.5) is 24.5 Å². The average molecular weight is 541 g/mol. The lowest BCUT2D eigenvalue weighted by molar-refractivity contribution is -0.0328. The predicted octanol–water partition coefficient (Wildman–Crippen LogP) is 6.45. The number of nitrogens with two attached hydrogens (primary N) is 2. The van der Waals surface area contributed by atoms with Crippen LogP contribution in [0.1, 0.15) is 6.92 Å². The van der Waals surface area contributed by atoms with Gasteiger partial charge in [0.25, 0.3) is 0 Å². The Kier molecular flexibility index (Phi) is 6.58. The molecule has 32 heavy (non-hydrogen) atoms. The Bertz CT molecular complexity index is 1120. The van der Waals surface area contributed by atoms with Crippen LogP contribution in [-0.4, -0.2) is 23.0 Å². The number of halogens is 6. The molecule has 2 aromatic carbocycles. The van der Waals surface area contributed by atoms with Gasteiger partial charge >= 0.3 is 5.51 Å². The Morgan fingerprint density at radius 3 is 2.28 bits per heavy atom.